The van der Waals surface area contributed by atoms with Gasteiger partial charge in [-0.3, -0.25) is 10.3 Å². The van der Waals surface area contributed by atoms with E-state index in [4.69, 9.17) is 14.2 Å². The molecule has 2 aliphatic heterocycles. The maximum atomic E-state index is 5.57. The minimum atomic E-state index is 0.656. The van der Waals surface area contributed by atoms with Gasteiger partial charge in [-0.05, 0) is 61.9 Å². The maximum absolute atomic E-state index is 5.57. The first-order chi connectivity index (χ1) is 14.1. The van der Waals surface area contributed by atoms with Gasteiger partial charge in [0.15, 0.2) is 16.7 Å². The van der Waals surface area contributed by atoms with Crippen LogP contribution in [0.5, 0.6) is 17.2 Å². The Morgan fingerprint density at radius 2 is 1.72 bits per heavy atom. The van der Waals surface area contributed by atoms with Crippen LogP contribution in [0.3, 0.4) is 0 Å². The third-order valence-corrected chi connectivity index (χ3v) is 5.66. The second-order valence-electron chi connectivity index (χ2n) is 6.45. The van der Waals surface area contributed by atoms with Crippen molar-refractivity contribution < 1.29 is 14.2 Å². The number of rotatable bonds is 6. The second kappa shape index (κ2) is 8.13. The molecule has 2 heterocycles. The Balaban J connectivity index is 1.67. The highest BCUT2D eigenvalue weighted by Gasteiger charge is 2.30. The number of hydrazone groups is 1. The fourth-order valence-electron chi connectivity index (χ4n) is 3.32. The van der Waals surface area contributed by atoms with Crippen LogP contribution in [0.25, 0.3) is 11.4 Å². The van der Waals surface area contributed by atoms with Gasteiger partial charge in [0, 0.05) is 16.7 Å². The van der Waals surface area contributed by atoms with Gasteiger partial charge in [-0.25, -0.2) is 0 Å². The van der Waals surface area contributed by atoms with E-state index in [2.05, 4.69) is 40.7 Å². The Morgan fingerprint density at radius 1 is 1.00 bits per heavy atom. The Kier molecular flexibility index (Phi) is 5.40. The standard InChI is InChI=1S/C22H23N3O3S/c1-5-28-17-9-6-15(7-10-17)21-14(2)29-22-24-23-18(13-25(21)22)16-8-11-19(26-3)20(12-16)27-4/h6-13,23H,5H2,1-4H3. The predicted octanol–water partition coefficient (Wildman–Crippen LogP) is 4.71. The molecule has 4 rings (SSSR count). The van der Waals surface area contributed by atoms with Crippen molar-refractivity contribution in [3.8, 4) is 17.2 Å². The number of benzene rings is 2. The molecule has 0 unspecified atom stereocenters. The molecule has 0 aromatic heterocycles. The van der Waals surface area contributed by atoms with E-state index < -0.39 is 0 Å². The molecule has 0 radical (unpaired) electrons. The zero-order valence-corrected chi connectivity index (χ0v) is 17.7. The Bertz CT molecular complexity index is 1010. The van der Waals surface area contributed by atoms with Crippen LogP contribution < -0.4 is 19.6 Å². The molecule has 1 N–H and O–H groups in total. The number of thioether (sulfide) groups is 1. The van der Waals surface area contributed by atoms with Crippen LogP contribution in [0, 0.1) is 0 Å². The zero-order chi connectivity index (χ0) is 20.4. The molecule has 0 spiro atoms. The lowest BCUT2D eigenvalue weighted by molar-refractivity contribution is 0.340. The van der Waals surface area contributed by atoms with Gasteiger partial charge in [-0.1, -0.05) is 11.8 Å². The third kappa shape index (κ3) is 3.65. The number of nitrogens with zero attached hydrogens (tertiary/aromatic N) is 2. The van der Waals surface area contributed by atoms with Crippen molar-refractivity contribution in [2.45, 2.75) is 13.8 Å². The maximum Gasteiger partial charge on any atom is 0.196 e. The smallest absolute Gasteiger partial charge is 0.196 e. The van der Waals surface area contributed by atoms with E-state index in [9.17, 15) is 0 Å². The van der Waals surface area contributed by atoms with Crippen molar-refractivity contribution in [2.75, 3.05) is 20.8 Å². The fourth-order valence-corrected chi connectivity index (χ4v) is 4.24. The fraction of sp³-hybridized carbons (Fsp3) is 0.227. The van der Waals surface area contributed by atoms with Gasteiger partial charge < -0.3 is 14.2 Å². The Morgan fingerprint density at radius 3 is 2.41 bits per heavy atom. The van der Waals surface area contributed by atoms with Gasteiger partial charge in [0.05, 0.1) is 32.2 Å². The molecule has 0 amide bonds. The molecule has 0 saturated heterocycles. The molecule has 2 aliphatic rings. The molecule has 2 aromatic carbocycles. The molecular weight excluding hydrogens is 386 g/mol. The number of fused-ring (bicyclic) bond motifs is 1. The highest BCUT2D eigenvalue weighted by Crippen LogP contribution is 2.42. The van der Waals surface area contributed by atoms with E-state index in [1.54, 1.807) is 26.0 Å². The summed E-state index contributed by atoms with van der Waals surface area (Å²) in [5, 5.41) is 5.47. The SMILES string of the molecule is CCOc1ccc(C2=C(C)SC3=NNC(c4ccc(OC)c(OC)c4)=CN32)cc1. The summed E-state index contributed by atoms with van der Waals surface area (Å²) in [5.74, 6) is 2.24. The summed E-state index contributed by atoms with van der Waals surface area (Å²) in [5.41, 5.74) is 7.24. The van der Waals surface area contributed by atoms with Gasteiger partial charge >= 0.3 is 0 Å². The molecular formula is C22H23N3O3S. The van der Waals surface area contributed by atoms with Crippen LogP contribution in [-0.2, 0) is 0 Å². The number of allylic oxidation sites excluding steroid dienone is 1. The van der Waals surface area contributed by atoms with E-state index in [0.717, 1.165) is 33.4 Å². The van der Waals surface area contributed by atoms with Crippen molar-refractivity contribution in [3.63, 3.8) is 0 Å². The second-order valence-corrected chi connectivity index (χ2v) is 7.63. The number of hydrogen-bond donors (Lipinski definition) is 1. The molecule has 7 heteroatoms. The van der Waals surface area contributed by atoms with Crippen LogP contribution in [0.4, 0.5) is 0 Å². The normalized spacial score (nSPS) is 15.4. The molecule has 150 valence electrons. The average molecular weight is 410 g/mol. The highest BCUT2D eigenvalue weighted by atomic mass is 32.2. The summed E-state index contributed by atoms with van der Waals surface area (Å²) >= 11 is 1.65. The van der Waals surface area contributed by atoms with Gasteiger partial charge in [0.2, 0.25) is 0 Å². The van der Waals surface area contributed by atoms with Crippen LogP contribution in [-0.4, -0.2) is 30.9 Å². The monoisotopic (exact) mass is 409 g/mol. The van der Waals surface area contributed by atoms with Crippen molar-refractivity contribution in [2.24, 2.45) is 5.10 Å². The molecule has 2 aromatic rings. The lowest BCUT2D eigenvalue weighted by Gasteiger charge is -2.24. The Labute approximate surface area is 174 Å². The number of amidine groups is 1. The van der Waals surface area contributed by atoms with E-state index in [0.29, 0.717) is 18.1 Å². The lowest BCUT2D eigenvalue weighted by Crippen LogP contribution is -2.26. The lowest BCUT2D eigenvalue weighted by atomic mass is 10.1. The summed E-state index contributed by atoms with van der Waals surface area (Å²) in [6, 6.07) is 14.0. The number of nitrogens with one attached hydrogen (secondary N) is 1. The Hall–Kier alpha value is -3.06. The minimum absolute atomic E-state index is 0.656. The molecule has 0 aliphatic carbocycles. The van der Waals surface area contributed by atoms with Gasteiger partial charge in [-0.15, -0.1) is 5.10 Å². The molecule has 29 heavy (non-hydrogen) atoms. The number of hydrogen-bond acceptors (Lipinski definition) is 7. The summed E-state index contributed by atoms with van der Waals surface area (Å²) in [4.78, 5) is 3.32. The largest absolute Gasteiger partial charge is 0.494 e. The van der Waals surface area contributed by atoms with Gasteiger partial charge in [0.1, 0.15) is 5.75 Å². The topological polar surface area (TPSA) is 55.3 Å². The summed E-state index contributed by atoms with van der Waals surface area (Å²) in [7, 11) is 3.26. The van der Waals surface area contributed by atoms with E-state index in [1.807, 2.05) is 37.3 Å². The van der Waals surface area contributed by atoms with E-state index in [1.165, 1.54) is 4.91 Å². The summed E-state index contributed by atoms with van der Waals surface area (Å²) in [6.07, 6.45) is 2.07. The highest BCUT2D eigenvalue weighted by molar-refractivity contribution is 8.17. The number of ether oxygens (including phenoxy) is 3. The minimum Gasteiger partial charge on any atom is -0.494 e. The first-order valence-corrected chi connectivity index (χ1v) is 10.2. The summed E-state index contributed by atoms with van der Waals surface area (Å²) < 4.78 is 16.3. The summed E-state index contributed by atoms with van der Waals surface area (Å²) in [6.45, 7) is 4.75. The molecule has 0 bridgehead atoms. The van der Waals surface area contributed by atoms with Crippen molar-refractivity contribution in [1.29, 1.82) is 0 Å². The van der Waals surface area contributed by atoms with E-state index >= 15 is 0 Å². The predicted molar refractivity (Wildman–Crippen MR) is 118 cm³/mol. The van der Waals surface area contributed by atoms with Crippen molar-refractivity contribution >= 4 is 28.3 Å². The molecule has 0 saturated carbocycles. The van der Waals surface area contributed by atoms with Gasteiger partial charge in [0.25, 0.3) is 0 Å². The van der Waals surface area contributed by atoms with Crippen molar-refractivity contribution in [1.82, 2.24) is 10.3 Å². The third-order valence-electron chi connectivity index (χ3n) is 4.69. The zero-order valence-electron chi connectivity index (χ0n) is 16.9. The molecule has 0 atom stereocenters. The molecule has 0 fully saturated rings. The molecule has 6 nitrogen and oxygen atoms in total. The van der Waals surface area contributed by atoms with Crippen LogP contribution in [0.2, 0.25) is 0 Å². The first kappa shape index (κ1) is 19.3. The van der Waals surface area contributed by atoms with Crippen LogP contribution in [0.1, 0.15) is 25.0 Å². The van der Waals surface area contributed by atoms with Gasteiger partial charge in [-0.2, -0.15) is 0 Å². The van der Waals surface area contributed by atoms with Crippen LogP contribution >= 0.6 is 11.8 Å². The van der Waals surface area contributed by atoms with Crippen LogP contribution in [0.15, 0.2) is 58.7 Å². The van der Waals surface area contributed by atoms with E-state index in [-0.39, 0.29) is 0 Å². The number of methoxy groups -OCH3 is 2. The quantitative estimate of drug-likeness (QED) is 0.746. The van der Waals surface area contributed by atoms with Crippen molar-refractivity contribution in [3.05, 3.63) is 64.7 Å². The average Bonchev–Trinajstić information content (AvgIpc) is 3.09. The first-order valence-electron chi connectivity index (χ1n) is 9.33.